The lowest BCUT2D eigenvalue weighted by Gasteiger charge is -2.59. The third-order valence-electron chi connectivity index (χ3n) is 10.5. The maximum Gasteiger partial charge on any atom is 0.209 e. The van der Waals surface area contributed by atoms with E-state index in [0.29, 0.717) is 17.5 Å². The first-order valence-corrected chi connectivity index (χ1v) is 15.4. The molecule has 2 aromatic carbocycles. The molecule has 0 spiro atoms. The van der Waals surface area contributed by atoms with Gasteiger partial charge in [0.1, 0.15) is 22.8 Å². The molecule has 3 aliphatic rings. The molecule has 4 N–H and O–H groups in total. The number of aliphatic hydroxyl groups excluding tert-OH is 2. The highest BCUT2D eigenvalue weighted by atomic mass is 16.3. The van der Waals surface area contributed by atoms with E-state index in [1.54, 1.807) is 6.92 Å². The Morgan fingerprint density at radius 2 is 1.64 bits per heavy atom. The molecule has 3 aliphatic carbocycles. The Morgan fingerprint density at radius 1 is 1.05 bits per heavy atom. The zero-order valence-electron chi connectivity index (χ0n) is 27.2. The number of phenols is 1. The van der Waals surface area contributed by atoms with Crippen LogP contribution in [0, 0.1) is 22.7 Å². The molecule has 0 saturated heterocycles. The number of fused-ring (bicyclic) bond motifs is 3. The van der Waals surface area contributed by atoms with Crippen molar-refractivity contribution in [3.05, 3.63) is 75.3 Å². The number of Topliss-reactive ketones (excluding diaryl/α,β-unsaturated/α-hetero) is 3. The number of rotatable bonds is 4. The van der Waals surface area contributed by atoms with E-state index in [2.05, 4.69) is 32.9 Å². The summed E-state index contributed by atoms with van der Waals surface area (Å²) in [5.41, 5.74) is -1.80. The molecule has 0 radical (unpaired) electrons. The second kappa shape index (κ2) is 9.90. The van der Waals surface area contributed by atoms with Crippen LogP contribution in [0.15, 0.2) is 53.0 Å². The monoisotopic (exact) mass is 600 g/mol. The number of ketones is 3. The zero-order chi connectivity index (χ0) is 32.9. The van der Waals surface area contributed by atoms with E-state index in [9.17, 15) is 34.8 Å². The van der Waals surface area contributed by atoms with Crippen molar-refractivity contribution in [3.63, 3.8) is 0 Å². The van der Waals surface area contributed by atoms with Gasteiger partial charge in [-0.1, -0.05) is 79.7 Å². The lowest BCUT2D eigenvalue weighted by Crippen LogP contribution is -2.67. The van der Waals surface area contributed by atoms with Gasteiger partial charge in [-0.25, -0.2) is 0 Å². The Morgan fingerprint density at radius 3 is 2.14 bits per heavy atom. The van der Waals surface area contributed by atoms with Crippen LogP contribution in [0.25, 0.3) is 11.1 Å². The number of aryl methyl sites for hydroxylation is 1. The Hall–Kier alpha value is -3.71. The van der Waals surface area contributed by atoms with Crippen LogP contribution in [-0.4, -0.2) is 43.4 Å². The molecule has 4 atom stereocenters. The van der Waals surface area contributed by atoms with Crippen molar-refractivity contribution in [2.75, 3.05) is 0 Å². The van der Waals surface area contributed by atoms with Gasteiger partial charge in [-0.3, -0.25) is 14.4 Å². The smallest absolute Gasteiger partial charge is 0.209 e. The average molecular weight is 601 g/mol. The first kappa shape index (κ1) is 31.7. The molecule has 0 bridgehead atoms. The van der Waals surface area contributed by atoms with Crippen LogP contribution in [0.3, 0.4) is 0 Å². The minimum absolute atomic E-state index is 0.0524. The summed E-state index contributed by atoms with van der Waals surface area (Å²) in [6.07, 6.45) is 0.740. The van der Waals surface area contributed by atoms with Crippen LogP contribution < -0.4 is 0 Å². The van der Waals surface area contributed by atoms with Crippen molar-refractivity contribution >= 4 is 17.3 Å². The van der Waals surface area contributed by atoms with Gasteiger partial charge in [-0.15, -0.1) is 0 Å². The van der Waals surface area contributed by atoms with E-state index in [-0.39, 0.29) is 41.1 Å². The summed E-state index contributed by atoms with van der Waals surface area (Å²) in [7, 11) is 0. The van der Waals surface area contributed by atoms with Gasteiger partial charge in [0.15, 0.2) is 17.2 Å². The topological polar surface area (TPSA) is 132 Å². The molecule has 0 heterocycles. The van der Waals surface area contributed by atoms with Gasteiger partial charge in [0, 0.05) is 22.3 Å². The van der Waals surface area contributed by atoms with Crippen molar-refractivity contribution < 1.29 is 34.8 Å². The number of carbonyl (C=O) groups excluding carboxylic acids is 3. The van der Waals surface area contributed by atoms with Gasteiger partial charge in [0.25, 0.3) is 0 Å². The van der Waals surface area contributed by atoms with Gasteiger partial charge in [-0.2, -0.15) is 0 Å². The summed E-state index contributed by atoms with van der Waals surface area (Å²) in [6, 6.07) is 10.1. The van der Waals surface area contributed by atoms with Crippen LogP contribution in [0.1, 0.15) is 95.8 Å². The summed E-state index contributed by atoms with van der Waals surface area (Å²) in [5.74, 6) is -5.05. The second-order valence-corrected chi connectivity index (χ2v) is 14.9. The number of allylic oxidation sites excluding steroid dienone is 2. The predicted octanol–water partition coefficient (Wildman–Crippen LogP) is 6.87. The number of hydrogen-bond donors (Lipinski definition) is 4. The van der Waals surface area contributed by atoms with Crippen molar-refractivity contribution in [1.29, 1.82) is 0 Å². The van der Waals surface area contributed by atoms with E-state index in [4.69, 9.17) is 0 Å². The van der Waals surface area contributed by atoms with Crippen molar-refractivity contribution in [3.8, 4) is 16.9 Å². The van der Waals surface area contributed by atoms with E-state index in [1.807, 2.05) is 45.9 Å². The SMILES string of the molecule is CCc1cc(-c2ccc(C(C)(C)C)cc2)c2c(c1O)C(=O)C1=C(O)[C@@]3(O)C(=O)C(C(C)=O)=C(O)C(C(C)C)[C@@]3(C)C[C@@]1(C)C2. The zero-order valence-corrected chi connectivity index (χ0v) is 27.2. The Balaban J connectivity index is 1.81. The quantitative estimate of drug-likeness (QED) is 0.282. The van der Waals surface area contributed by atoms with Crippen LogP contribution in [-0.2, 0) is 27.8 Å². The number of aromatic hydroxyl groups is 1. The van der Waals surface area contributed by atoms with E-state index < -0.39 is 56.8 Å². The highest BCUT2D eigenvalue weighted by Gasteiger charge is 2.71. The molecule has 7 heteroatoms. The van der Waals surface area contributed by atoms with Gasteiger partial charge < -0.3 is 20.4 Å². The van der Waals surface area contributed by atoms with Crippen molar-refractivity contribution in [1.82, 2.24) is 0 Å². The molecule has 0 aliphatic heterocycles. The minimum atomic E-state index is -2.62. The molecule has 44 heavy (non-hydrogen) atoms. The van der Waals surface area contributed by atoms with Crippen LogP contribution in [0.2, 0.25) is 0 Å². The molecule has 0 saturated carbocycles. The van der Waals surface area contributed by atoms with Crippen molar-refractivity contribution in [2.24, 2.45) is 22.7 Å². The summed E-state index contributed by atoms with van der Waals surface area (Å²) in [4.78, 5) is 41.0. The molecule has 1 unspecified atom stereocenters. The highest BCUT2D eigenvalue weighted by Crippen LogP contribution is 2.65. The summed E-state index contributed by atoms with van der Waals surface area (Å²) in [6.45, 7) is 16.5. The third kappa shape index (κ3) is 4.08. The van der Waals surface area contributed by atoms with Gasteiger partial charge in [0.2, 0.25) is 5.78 Å². The first-order valence-electron chi connectivity index (χ1n) is 15.4. The number of aliphatic hydroxyl groups is 3. The Bertz CT molecular complexity index is 1680. The minimum Gasteiger partial charge on any atom is -0.511 e. The lowest BCUT2D eigenvalue weighted by molar-refractivity contribution is -0.171. The normalized spacial score (nSPS) is 28.7. The van der Waals surface area contributed by atoms with Crippen LogP contribution in [0.4, 0.5) is 0 Å². The number of hydrogen-bond acceptors (Lipinski definition) is 7. The van der Waals surface area contributed by atoms with E-state index >= 15 is 0 Å². The molecule has 234 valence electrons. The number of benzene rings is 2. The van der Waals surface area contributed by atoms with E-state index in [1.165, 1.54) is 0 Å². The Kier molecular flexibility index (Phi) is 7.13. The summed E-state index contributed by atoms with van der Waals surface area (Å²) in [5, 5.41) is 47.0. The Labute approximate surface area is 259 Å². The molecular formula is C37H44O7. The predicted molar refractivity (Wildman–Crippen MR) is 169 cm³/mol. The van der Waals surface area contributed by atoms with E-state index in [0.717, 1.165) is 23.6 Å². The average Bonchev–Trinajstić information content (AvgIpc) is 2.90. The van der Waals surface area contributed by atoms with Crippen LogP contribution in [0.5, 0.6) is 5.75 Å². The molecule has 2 aromatic rings. The first-order chi connectivity index (χ1) is 20.3. The highest BCUT2D eigenvalue weighted by molar-refractivity contribution is 6.25. The second-order valence-electron chi connectivity index (χ2n) is 14.9. The molecule has 7 nitrogen and oxygen atoms in total. The molecule has 0 amide bonds. The number of carbonyl (C=O) groups is 3. The lowest BCUT2D eigenvalue weighted by atomic mass is 9.44. The van der Waals surface area contributed by atoms with Crippen LogP contribution >= 0.6 is 0 Å². The van der Waals surface area contributed by atoms with Gasteiger partial charge in [-0.05, 0) is 71.4 Å². The summed E-state index contributed by atoms with van der Waals surface area (Å²) >= 11 is 0. The number of phenolic OH excluding ortho intramolecular Hbond substituents is 1. The molecule has 0 fully saturated rings. The van der Waals surface area contributed by atoms with Crippen molar-refractivity contribution in [2.45, 2.75) is 92.6 Å². The maximum absolute atomic E-state index is 14.5. The third-order valence-corrected chi connectivity index (χ3v) is 10.5. The standard InChI is InChI=1S/C37H44O7/c1-10-20-15-23(21-11-13-22(14-12-21)34(5,6)7)24-16-35(8)17-36(9)27(18(2)3)30(40)25(19(4)38)32(42)37(36,44)33(43)28(35)31(41)26(24)29(20)39/h11-15,18,27,39-40,43-44H,10,16-17H2,1-9H3/t27?,35-,36-,37+/m1/s1. The fraction of sp³-hybridized carbons (Fsp3) is 0.486. The molecule has 0 aromatic heterocycles. The largest absolute Gasteiger partial charge is 0.511 e. The summed E-state index contributed by atoms with van der Waals surface area (Å²) < 4.78 is 0. The van der Waals surface area contributed by atoms with Gasteiger partial charge >= 0.3 is 0 Å². The maximum atomic E-state index is 14.5. The molecular weight excluding hydrogens is 556 g/mol. The fourth-order valence-electron chi connectivity index (χ4n) is 8.53. The fourth-order valence-corrected chi connectivity index (χ4v) is 8.53. The van der Waals surface area contributed by atoms with Gasteiger partial charge in [0.05, 0.1) is 5.56 Å². The molecule has 5 rings (SSSR count).